The van der Waals surface area contributed by atoms with Crippen LogP contribution in [0.15, 0.2) is 49.6 Å². The molecule has 224 valence electrons. The molecule has 0 radical (unpaired) electrons. The van der Waals surface area contributed by atoms with Gasteiger partial charge in [0.1, 0.15) is 17.4 Å². The van der Waals surface area contributed by atoms with Crippen molar-refractivity contribution in [2.75, 3.05) is 31.2 Å². The second-order valence-corrected chi connectivity index (χ2v) is 13.2. The number of halogens is 1. The lowest BCUT2D eigenvalue weighted by atomic mass is 9.70. The quantitative estimate of drug-likeness (QED) is 0.296. The average molecular weight is 633 g/mol. The number of hydrogen-bond acceptors (Lipinski definition) is 6. The minimum atomic E-state index is -1.22. The first-order valence-electron chi connectivity index (χ1n) is 14.2. The maximum atomic E-state index is 14.4. The van der Waals surface area contributed by atoms with Gasteiger partial charge >= 0.3 is 0 Å². The smallest absolute Gasteiger partial charge is 0.249 e. The molecule has 3 heterocycles. The Kier molecular flexibility index (Phi) is 9.07. The number of carbonyl (C=O) groups excluding carboxylic acids is 3. The van der Waals surface area contributed by atoms with Crippen molar-refractivity contribution >= 4 is 39.3 Å². The van der Waals surface area contributed by atoms with E-state index in [4.69, 9.17) is 9.47 Å². The van der Waals surface area contributed by atoms with E-state index in [2.05, 4.69) is 29.1 Å². The molecular formula is C31H42BrN3O6. The van der Waals surface area contributed by atoms with Crippen molar-refractivity contribution in [3.05, 3.63) is 49.6 Å². The number of alkyl halides is 1. The number of benzene rings is 1. The van der Waals surface area contributed by atoms with E-state index < -0.39 is 41.2 Å². The van der Waals surface area contributed by atoms with Crippen LogP contribution in [-0.2, 0) is 19.1 Å². The van der Waals surface area contributed by atoms with Crippen LogP contribution in [0.4, 0.5) is 5.69 Å². The van der Waals surface area contributed by atoms with E-state index in [1.54, 1.807) is 53.1 Å². The van der Waals surface area contributed by atoms with Gasteiger partial charge in [0.15, 0.2) is 0 Å². The molecule has 2 bridgehead atoms. The molecule has 10 heteroatoms. The van der Waals surface area contributed by atoms with E-state index in [1.807, 2.05) is 27.7 Å². The van der Waals surface area contributed by atoms with E-state index in [0.717, 1.165) is 0 Å². The lowest BCUT2D eigenvalue weighted by Crippen LogP contribution is -2.61. The predicted octanol–water partition coefficient (Wildman–Crippen LogP) is 3.55. The molecule has 0 aliphatic carbocycles. The van der Waals surface area contributed by atoms with Crippen molar-refractivity contribution < 1.29 is 29.0 Å². The Morgan fingerprint density at radius 1 is 1.22 bits per heavy atom. The predicted molar refractivity (Wildman–Crippen MR) is 161 cm³/mol. The normalized spacial score (nSPS) is 29.2. The van der Waals surface area contributed by atoms with Gasteiger partial charge in [0.05, 0.1) is 37.2 Å². The number of likely N-dealkylation sites (tertiary alicyclic amines) is 1. The molecule has 3 amide bonds. The third-order valence-electron chi connectivity index (χ3n) is 8.41. The van der Waals surface area contributed by atoms with Gasteiger partial charge in [0, 0.05) is 29.1 Å². The van der Waals surface area contributed by atoms with Gasteiger partial charge in [-0.15, -0.1) is 13.2 Å². The molecule has 0 aromatic heterocycles. The van der Waals surface area contributed by atoms with Crippen molar-refractivity contribution in [3.8, 4) is 5.75 Å². The van der Waals surface area contributed by atoms with E-state index in [9.17, 15) is 19.5 Å². The summed E-state index contributed by atoms with van der Waals surface area (Å²) in [7, 11) is 0. The molecule has 7 atom stereocenters. The summed E-state index contributed by atoms with van der Waals surface area (Å²) in [5.74, 6) is -1.92. The van der Waals surface area contributed by atoms with Gasteiger partial charge in [-0.05, 0) is 65.3 Å². The maximum Gasteiger partial charge on any atom is 0.249 e. The standard InChI is InChI=1S/C31H42BrN3O6/c1-8-15-33(20-11-13-21(14-12-20)40-10-3)27(37)23-24-28(38)35(19(4)18-36)26(31(24)17-22(32)25(23)41-31)29(39)34(16-9-2)30(5,6)7/h8-9,11-14,19,22-26,36H,1-2,10,15-18H2,3-7H3/t19-,22?,23-,24+,25-,26?,31?/m1/s1. The summed E-state index contributed by atoms with van der Waals surface area (Å²) in [6, 6.07) is 5.57. The van der Waals surface area contributed by atoms with Crippen molar-refractivity contribution in [1.82, 2.24) is 9.80 Å². The maximum absolute atomic E-state index is 14.4. The molecule has 1 spiro atoms. The highest BCUT2D eigenvalue weighted by Crippen LogP contribution is 2.61. The minimum Gasteiger partial charge on any atom is -0.494 e. The van der Waals surface area contributed by atoms with Crippen LogP contribution in [0.25, 0.3) is 0 Å². The van der Waals surface area contributed by atoms with Gasteiger partial charge < -0.3 is 29.3 Å². The van der Waals surface area contributed by atoms with Gasteiger partial charge in [-0.1, -0.05) is 28.1 Å². The van der Waals surface area contributed by atoms with Gasteiger partial charge in [0.25, 0.3) is 0 Å². The number of rotatable bonds is 11. The molecule has 3 aliphatic rings. The van der Waals surface area contributed by atoms with E-state index in [-0.39, 0.29) is 42.2 Å². The molecule has 3 aliphatic heterocycles. The highest BCUT2D eigenvalue weighted by Gasteiger charge is 2.77. The van der Waals surface area contributed by atoms with Crippen LogP contribution in [-0.4, -0.2) is 93.1 Å². The van der Waals surface area contributed by atoms with Gasteiger partial charge in [0.2, 0.25) is 17.7 Å². The first-order chi connectivity index (χ1) is 19.4. The average Bonchev–Trinajstić information content (AvgIpc) is 3.52. The van der Waals surface area contributed by atoms with Crippen molar-refractivity contribution in [3.63, 3.8) is 0 Å². The zero-order valence-corrected chi connectivity index (χ0v) is 26.2. The number of aliphatic hydroxyl groups is 1. The molecule has 3 saturated heterocycles. The fourth-order valence-corrected chi connectivity index (χ4v) is 7.63. The Balaban J connectivity index is 1.79. The summed E-state index contributed by atoms with van der Waals surface area (Å²) in [6.07, 6.45) is 3.09. The third kappa shape index (κ3) is 5.23. The lowest BCUT2D eigenvalue weighted by Gasteiger charge is -2.43. The lowest BCUT2D eigenvalue weighted by molar-refractivity contribution is -0.153. The van der Waals surface area contributed by atoms with Crippen LogP contribution in [0, 0.1) is 11.8 Å². The summed E-state index contributed by atoms with van der Waals surface area (Å²) in [6.45, 7) is 17.8. The second kappa shape index (κ2) is 11.9. The number of hydrogen-bond donors (Lipinski definition) is 1. The summed E-state index contributed by atoms with van der Waals surface area (Å²) < 4.78 is 12.2. The van der Waals surface area contributed by atoms with E-state index >= 15 is 0 Å². The molecule has 1 aromatic carbocycles. The fourth-order valence-electron chi connectivity index (χ4n) is 6.68. The van der Waals surface area contributed by atoms with Gasteiger partial charge in [-0.2, -0.15) is 0 Å². The van der Waals surface area contributed by atoms with Crippen LogP contribution < -0.4 is 9.64 Å². The molecule has 41 heavy (non-hydrogen) atoms. The highest BCUT2D eigenvalue weighted by molar-refractivity contribution is 9.09. The van der Waals surface area contributed by atoms with E-state index in [1.165, 1.54) is 4.90 Å². The molecule has 3 fully saturated rings. The van der Waals surface area contributed by atoms with Crippen molar-refractivity contribution in [2.24, 2.45) is 11.8 Å². The topological polar surface area (TPSA) is 99.6 Å². The Labute approximate surface area is 251 Å². The summed E-state index contributed by atoms with van der Waals surface area (Å²) in [5.41, 5.74) is -1.14. The molecule has 0 saturated carbocycles. The molecule has 4 rings (SSSR count). The van der Waals surface area contributed by atoms with E-state index in [0.29, 0.717) is 24.5 Å². The highest BCUT2D eigenvalue weighted by atomic mass is 79.9. The summed E-state index contributed by atoms with van der Waals surface area (Å²) in [4.78, 5) is 47.6. The monoisotopic (exact) mass is 631 g/mol. The summed E-state index contributed by atoms with van der Waals surface area (Å²) >= 11 is 3.73. The van der Waals surface area contributed by atoms with Crippen LogP contribution in [0.3, 0.4) is 0 Å². The molecule has 9 nitrogen and oxygen atoms in total. The number of ether oxygens (including phenoxy) is 2. The number of anilines is 1. The minimum absolute atomic E-state index is 0.229. The van der Waals surface area contributed by atoms with Crippen LogP contribution in [0.1, 0.15) is 41.0 Å². The Bertz CT molecular complexity index is 1180. The third-order valence-corrected chi connectivity index (χ3v) is 9.25. The number of carbonyl (C=O) groups is 3. The molecular weight excluding hydrogens is 590 g/mol. The SMILES string of the molecule is C=CCN(C(=O)[C@H]1[C@@H]2OC3(CC2Br)C(C(=O)N(CC=C)C(C)(C)C)N([C@H](C)CO)C(=O)[C@H]13)c1ccc(OCC)cc1. The molecule has 1 aromatic rings. The zero-order valence-electron chi connectivity index (χ0n) is 24.6. The van der Waals surface area contributed by atoms with Crippen LogP contribution in [0.2, 0.25) is 0 Å². The Morgan fingerprint density at radius 3 is 2.39 bits per heavy atom. The number of nitrogens with zero attached hydrogens (tertiary/aromatic N) is 3. The molecule has 3 unspecified atom stereocenters. The van der Waals surface area contributed by atoms with Crippen molar-refractivity contribution in [2.45, 2.75) is 75.2 Å². The van der Waals surface area contributed by atoms with Gasteiger partial charge in [-0.3, -0.25) is 14.4 Å². The van der Waals surface area contributed by atoms with Crippen LogP contribution >= 0.6 is 15.9 Å². The van der Waals surface area contributed by atoms with Gasteiger partial charge in [-0.25, -0.2) is 0 Å². The largest absolute Gasteiger partial charge is 0.494 e. The Morgan fingerprint density at radius 2 is 1.85 bits per heavy atom. The van der Waals surface area contributed by atoms with Crippen molar-refractivity contribution in [1.29, 1.82) is 0 Å². The van der Waals surface area contributed by atoms with Crippen LogP contribution in [0.5, 0.6) is 5.75 Å². The zero-order chi connectivity index (χ0) is 30.3. The summed E-state index contributed by atoms with van der Waals surface area (Å²) in [5, 5.41) is 10.2. The first kappa shape index (κ1) is 31.3. The number of aliphatic hydroxyl groups excluding tert-OH is 1. The fraction of sp³-hybridized carbons (Fsp3) is 0.581. The number of fused-ring (bicyclic) bond motifs is 1. The first-order valence-corrected chi connectivity index (χ1v) is 15.1. The number of amides is 3. The Hall–Kier alpha value is -2.69. The molecule has 1 N–H and O–H groups in total. The second-order valence-electron chi connectivity index (χ2n) is 12.0.